The first-order chi connectivity index (χ1) is 10.2. The molecule has 0 saturated heterocycles. The van der Waals surface area contributed by atoms with Gasteiger partial charge in [-0.15, -0.1) is 0 Å². The summed E-state index contributed by atoms with van der Waals surface area (Å²) in [6, 6.07) is 15.7. The minimum atomic E-state index is 0.515. The Balaban J connectivity index is 2.17. The van der Waals surface area contributed by atoms with Crippen molar-refractivity contribution >= 4 is 21.5 Å². The Hall–Kier alpha value is -2.23. The molecule has 0 unspecified atom stereocenters. The largest absolute Gasteiger partial charge is 0.489 e. The molecular weight excluding hydrogens is 330 g/mol. The van der Waals surface area contributed by atoms with Gasteiger partial charge in [0.15, 0.2) is 0 Å². The smallest absolute Gasteiger partial charge is 0.120 e. The fraction of sp³-hybridized carbons (Fsp3) is 0.125. The first-order valence-electron chi connectivity index (χ1n) is 6.38. The predicted octanol–water partition coefficient (Wildman–Crippen LogP) is 5.70. The summed E-state index contributed by atoms with van der Waals surface area (Å²) in [5.74, 6) is 0.769. The molecule has 0 spiro atoms. The minimum Gasteiger partial charge on any atom is -0.489 e. The molecule has 0 amide bonds. The van der Waals surface area contributed by atoms with E-state index in [2.05, 4.69) is 26.0 Å². The molecule has 0 radical (unpaired) electrons. The van der Waals surface area contributed by atoms with Gasteiger partial charge in [0.1, 0.15) is 12.4 Å². The molecule has 5 heteroatoms. The highest BCUT2D eigenvalue weighted by molar-refractivity contribution is 9.10. The van der Waals surface area contributed by atoms with Crippen molar-refractivity contribution in [2.45, 2.75) is 13.5 Å². The van der Waals surface area contributed by atoms with Crippen LogP contribution < -0.4 is 4.74 Å². The van der Waals surface area contributed by atoms with E-state index < -0.39 is 0 Å². The molecule has 0 aliphatic carbocycles. The lowest BCUT2D eigenvalue weighted by Crippen LogP contribution is -1.95. The third kappa shape index (κ3) is 4.38. The van der Waals surface area contributed by atoms with Crippen LogP contribution in [0.15, 0.2) is 64.3 Å². The molecule has 21 heavy (non-hydrogen) atoms. The van der Waals surface area contributed by atoms with Crippen LogP contribution in [0.3, 0.4) is 0 Å². The van der Waals surface area contributed by atoms with E-state index in [0.717, 1.165) is 26.9 Å². The average Bonchev–Trinajstić information content (AvgIpc) is 2.52. The maximum absolute atomic E-state index is 8.37. The van der Waals surface area contributed by atoms with Gasteiger partial charge < -0.3 is 4.74 Å². The molecule has 0 atom stereocenters. The SMILES string of the molecule is C/C(=C/N=[N+]=[N-])c1cc(OCc2ccccc2)ccc1Br. The van der Waals surface area contributed by atoms with Gasteiger partial charge in [0.2, 0.25) is 0 Å². The first kappa shape index (κ1) is 15.2. The normalized spacial score (nSPS) is 10.9. The van der Waals surface area contributed by atoms with Crippen molar-refractivity contribution in [2.24, 2.45) is 5.11 Å². The van der Waals surface area contributed by atoms with Crippen LogP contribution in [0.1, 0.15) is 18.1 Å². The number of nitrogens with zero attached hydrogens (tertiary/aromatic N) is 3. The van der Waals surface area contributed by atoms with E-state index in [1.54, 1.807) is 0 Å². The Labute approximate surface area is 131 Å². The van der Waals surface area contributed by atoms with Gasteiger partial charge in [0.05, 0.1) is 0 Å². The van der Waals surface area contributed by atoms with Gasteiger partial charge in [-0.05, 0) is 47.4 Å². The highest BCUT2D eigenvalue weighted by atomic mass is 79.9. The molecule has 4 nitrogen and oxygen atoms in total. The lowest BCUT2D eigenvalue weighted by molar-refractivity contribution is 0.306. The topological polar surface area (TPSA) is 58.0 Å². The van der Waals surface area contributed by atoms with Gasteiger partial charge in [-0.25, -0.2) is 0 Å². The Morgan fingerprint density at radius 1 is 1.29 bits per heavy atom. The lowest BCUT2D eigenvalue weighted by Gasteiger charge is -2.10. The van der Waals surface area contributed by atoms with Crippen LogP contribution in [0.2, 0.25) is 0 Å². The van der Waals surface area contributed by atoms with Crippen LogP contribution in [0, 0.1) is 0 Å². The first-order valence-corrected chi connectivity index (χ1v) is 7.17. The zero-order valence-corrected chi connectivity index (χ0v) is 13.1. The second kappa shape index (κ2) is 7.53. The maximum Gasteiger partial charge on any atom is 0.120 e. The van der Waals surface area contributed by atoms with Gasteiger partial charge in [-0.1, -0.05) is 51.4 Å². The molecule has 0 aliphatic rings. The zero-order chi connectivity index (χ0) is 15.1. The molecule has 2 aromatic rings. The monoisotopic (exact) mass is 343 g/mol. The highest BCUT2D eigenvalue weighted by Gasteiger charge is 2.04. The van der Waals surface area contributed by atoms with Gasteiger partial charge in [0, 0.05) is 15.6 Å². The average molecular weight is 344 g/mol. The van der Waals surface area contributed by atoms with Gasteiger partial charge in [-0.3, -0.25) is 0 Å². The number of rotatable bonds is 5. The van der Waals surface area contributed by atoms with E-state index in [1.807, 2.05) is 55.5 Å². The van der Waals surface area contributed by atoms with Crippen molar-refractivity contribution in [1.29, 1.82) is 0 Å². The van der Waals surface area contributed by atoms with Gasteiger partial charge >= 0.3 is 0 Å². The second-order valence-electron chi connectivity index (χ2n) is 4.43. The van der Waals surface area contributed by atoms with E-state index in [1.165, 1.54) is 6.20 Å². The number of azide groups is 1. The highest BCUT2D eigenvalue weighted by Crippen LogP contribution is 2.28. The Kier molecular flexibility index (Phi) is 5.43. The molecule has 0 fully saturated rings. The molecular formula is C16H14BrN3O. The molecule has 0 heterocycles. The Bertz CT molecular complexity index is 692. The third-order valence-corrected chi connectivity index (χ3v) is 3.61. The van der Waals surface area contributed by atoms with Crippen LogP contribution in [0.4, 0.5) is 0 Å². The molecule has 2 rings (SSSR count). The number of hydrogen-bond donors (Lipinski definition) is 0. The summed E-state index contributed by atoms with van der Waals surface area (Å²) in [6.45, 7) is 2.40. The molecule has 0 aliphatic heterocycles. The fourth-order valence-corrected chi connectivity index (χ4v) is 2.38. The third-order valence-electron chi connectivity index (χ3n) is 2.91. The molecule has 0 saturated carbocycles. The van der Waals surface area contributed by atoms with E-state index >= 15 is 0 Å². The van der Waals surface area contributed by atoms with Crippen LogP contribution in [-0.2, 0) is 6.61 Å². The summed E-state index contributed by atoms with van der Waals surface area (Å²) in [5, 5.41) is 3.47. The fourth-order valence-electron chi connectivity index (χ4n) is 1.82. The number of allylic oxidation sites excluding steroid dienone is 1. The summed E-state index contributed by atoms with van der Waals surface area (Å²) >= 11 is 3.49. The van der Waals surface area contributed by atoms with Crippen molar-refractivity contribution in [3.63, 3.8) is 0 Å². The molecule has 2 aromatic carbocycles. The molecule has 0 bridgehead atoms. The Morgan fingerprint density at radius 3 is 2.76 bits per heavy atom. The second-order valence-corrected chi connectivity index (χ2v) is 5.29. The summed E-state index contributed by atoms with van der Waals surface area (Å²) in [4.78, 5) is 2.73. The van der Waals surface area contributed by atoms with E-state index in [9.17, 15) is 0 Å². The molecule has 106 valence electrons. The lowest BCUT2D eigenvalue weighted by atomic mass is 10.1. The predicted molar refractivity (Wildman–Crippen MR) is 87.7 cm³/mol. The standard InChI is InChI=1S/C16H14BrN3O/c1-12(10-19-20-18)15-9-14(7-8-16(15)17)21-11-13-5-3-2-4-6-13/h2-10H,11H2,1H3/b12-10-. The van der Waals surface area contributed by atoms with E-state index in [-0.39, 0.29) is 0 Å². The minimum absolute atomic E-state index is 0.515. The summed E-state index contributed by atoms with van der Waals surface area (Å²) in [6.07, 6.45) is 1.49. The maximum atomic E-state index is 8.37. The van der Waals surface area contributed by atoms with Crippen LogP contribution in [-0.4, -0.2) is 0 Å². The number of halogens is 1. The number of benzene rings is 2. The number of hydrogen-bond acceptors (Lipinski definition) is 2. The Morgan fingerprint density at radius 2 is 2.05 bits per heavy atom. The van der Waals surface area contributed by atoms with Gasteiger partial charge in [-0.2, -0.15) is 0 Å². The van der Waals surface area contributed by atoms with Crippen molar-refractivity contribution in [1.82, 2.24) is 0 Å². The molecule has 0 N–H and O–H groups in total. The quantitative estimate of drug-likeness (QED) is 0.390. The number of ether oxygens (including phenoxy) is 1. The zero-order valence-electron chi connectivity index (χ0n) is 11.5. The van der Waals surface area contributed by atoms with Crippen molar-refractivity contribution < 1.29 is 4.74 Å². The van der Waals surface area contributed by atoms with E-state index in [0.29, 0.717) is 6.61 Å². The summed E-state index contributed by atoms with van der Waals surface area (Å²) in [5.41, 5.74) is 11.3. The van der Waals surface area contributed by atoms with Crippen molar-refractivity contribution in [2.75, 3.05) is 0 Å². The van der Waals surface area contributed by atoms with Crippen molar-refractivity contribution in [3.8, 4) is 5.75 Å². The van der Waals surface area contributed by atoms with E-state index in [4.69, 9.17) is 10.3 Å². The van der Waals surface area contributed by atoms with Crippen LogP contribution in [0.25, 0.3) is 16.0 Å². The summed E-state index contributed by atoms with van der Waals surface area (Å²) < 4.78 is 6.72. The van der Waals surface area contributed by atoms with Crippen LogP contribution in [0.5, 0.6) is 5.75 Å². The van der Waals surface area contributed by atoms with Crippen LogP contribution >= 0.6 is 15.9 Å². The molecule has 0 aromatic heterocycles. The summed E-state index contributed by atoms with van der Waals surface area (Å²) in [7, 11) is 0. The van der Waals surface area contributed by atoms with Crippen molar-refractivity contribution in [3.05, 3.63) is 80.8 Å². The van der Waals surface area contributed by atoms with Gasteiger partial charge in [0.25, 0.3) is 0 Å².